The number of aromatic nitrogens is 2. The fourth-order valence-electron chi connectivity index (χ4n) is 2.55. The van der Waals surface area contributed by atoms with Gasteiger partial charge in [0, 0.05) is 26.2 Å². The van der Waals surface area contributed by atoms with Crippen LogP contribution in [0.2, 0.25) is 0 Å². The number of nitro groups is 1. The van der Waals surface area contributed by atoms with E-state index < -0.39 is 4.92 Å². The molecule has 1 N–H and O–H groups in total. The van der Waals surface area contributed by atoms with Gasteiger partial charge in [-0.25, -0.2) is 9.97 Å². The normalized spacial score (nSPS) is 16.5. The summed E-state index contributed by atoms with van der Waals surface area (Å²) in [6, 6.07) is 0.524. The lowest BCUT2D eigenvalue weighted by Crippen LogP contribution is -2.42. The topological polar surface area (TPSA) is 87.4 Å². The van der Waals surface area contributed by atoms with Gasteiger partial charge in [-0.2, -0.15) is 0 Å². The van der Waals surface area contributed by atoms with Crippen LogP contribution in [0, 0.1) is 10.1 Å². The van der Waals surface area contributed by atoms with E-state index in [0.29, 0.717) is 11.9 Å². The summed E-state index contributed by atoms with van der Waals surface area (Å²) in [6.07, 6.45) is 3.32. The Bertz CT molecular complexity index is 485. The monoisotopic (exact) mass is 280 g/mol. The van der Waals surface area contributed by atoms with Crippen molar-refractivity contribution in [1.29, 1.82) is 0 Å². The molecule has 0 unspecified atom stereocenters. The highest BCUT2D eigenvalue weighted by Gasteiger charge is 2.29. The number of nitrogens with zero attached hydrogens (tertiary/aromatic N) is 5. The van der Waals surface area contributed by atoms with Crippen LogP contribution in [0.25, 0.3) is 0 Å². The van der Waals surface area contributed by atoms with Gasteiger partial charge in [-0.05, 0) is 26.9 Å². The Labute approximate surface area is 118 Å². The smallest absolute Gasteiger partial charge is 0.353 e. The Balaban J connectivity index is 2.24. The van der Waals surface area contributed by atoms with Gasteiger partial charge in [0.2, 0.25) is 11.6 Å². The minimum atomic E-state index is -0.417. The Kier molecular flexibility index (Phi) is 4.33. The molecule has 20 heavy (non-hydrogen) atoms. The van der Waals surface area contributed by atoms with Crippen LogP contribution in [0.4, 0.5) is 17.3 Å². The highest BCUT2D eigenvalue weighted by Crippen LogP contribution is 2.33. The molecule has 0 spiro atoms. The lowest BCUT2D eigenvalue weighted by Gasteiger charge is -2.35. The molecule has 8 heteroatoms. The van der Waals surface area contributed by atoms with Gasteiger partial charge in [-0.1, -0.05) is 0 Å². The van der Waals surface area contributed by atoms with Gasteiger partial charge < -0.3 is 15.1 Å². The number of hydrogen-bond acceptors (Lipinski definition) is 7. The molecule has 0 bridgehead atoms. The zero-order valence-corrected chi connectivity index (χ0v) is 12.0. The first kappa shape index (κ1) is 14.4. The molecular formula is C12H20N6O2. The fraction of sp³-hybridized carbons (Fsp3) is 0.667. The Morgan fingerprint density at radius 3 is 2.55 bits per heavy atom. The lowest BCUT2D eigenvalue weighted by atomic mass is 10.0. The van der Waals surface area contributed by atoms with Gasteiger partial charge in [0.05, 0.1) is 4.92 Å². The van der Waals surface area contributed by atoms with Crippen LogP contribution < -0.4 is 10.2 Å². The van der Waals surface area contributed by atoms with Gasteiger partial charge in [0.1, 0.15) is 6.33 Å². The van der Waals surface area contributed by atoms with E-state index in [-0.39, 0.29) is 11.5 Å². The first-order valence-electron chi connectivity index (χ1n) is 6.63. The second-order valence-corrected chi connectivity index (χ2v) is 5.08. The van der Waals surface area contributed by atoms with Gasteiger partial charge in [-0.15, -0.1) is 0 Å². The molecular weight excluding hydrogens is 260 g/mol. The lowest BCUT2D eigenvalue weighted by molar-refractivity contribution is -0.383. The maximum atomic E-state index is 11.3. The molecule has 110 valence electrons. The molecule has 0 aliphatic carbocycles. The summed E-state index contributed by atoms with van der Waals surface area (Å²) >= 11 is 0. The van der Waals surface area contributed by atoms with E-state index >= 15 is 0 Å². The summed E-state index contributed by atoms with van der Waals surface area (Å²) in [5.41, 5.74) is -0.0432. The summed E-state index contributed by atoms with van der Waals surface area (Å²) in [7, 11) is 5.75. The molecule has 0 atom stereocenters. The van der Waals surface area contributed by atoms with Gasteiger partial charge >= 0.3 is 5.69 Å². The average Bonchev–Trinajstić information content (AvgIpc) is 2.46. The van der Waals surface area contributed by atoms with Crippen molar-refractivity contribution in [1.82, 2.24) is 14.9 Å². The van der Waals surface area contributed by atoms with Crippen molar-refractivity contribution in [2.75, 3.05) is 44.4 Å². The van der Waals surface area contributed by atoms with Crippen LogP contribution >= 0.6 is 0 Å². The molecule has 1 aromatic rings. The van der Waals surface area contributed by atoms with Crippen molar-refractivity contribution < 1.29 is 4.92 Å². The van der Waals surface area contributed by atoms with Crippen molar-refractivity contribution in [2.45, 2.75) is 18.9 Å². The minimum absolute atomic E-state index is 0.0432. The molecule has 1 aliphatic rings. The summed E-state index contributed by atoms with van der Waals surface area (Å²) < 4.78 is 0. The third-order valence-corrected chi connectivity index (χ3v) is 3.72. The SMILES string of the molecule is CNc1ncnc(N2CCC(N(C)C)CC2)c1[N+](=O)[O-]. The number of anilines is 2. The van der Waals surface area contributed by atoms with Gasteiger partial charge in [0.15, 0.2) is 0 Å². The highest BCUT2D eigenvalue weighted by molar-refractivity contribution is 5.70. The average molecular weight is 280 g/mol. The van der Waals surface area contributed by atoms with E-state index in [1.165, 1.54) is 6.33 Å². The molecule has 0 radical (unpaired) electrons. The maximum absolute atomic E-state index is 11.3. The predicted octanol–water partition coefficient (Wildman–Crippen LogP) is 0.957. The number of hydrogen-bond donors (Lipinski definition) is 1. The van der Waals surface area contributed by atoms with E-state index in [2.05, 4.69) is 34.3 Å². The van der Waals surface area contributed by atoms with E-state index in [4.69, 9.17) is 0 Å². The van der Waals surface area contributed by atoms with Crippen molar-refractivity contribution in [2.24, 2.45) is 0 Å². The molecule has 1 aromatic heterocycles. The summed E-state index contributed by atoms with van der Waals surface area (Å²) in [6.45, 7) is 1.54. The van der Waals surface area contributed by atoms with E-state index in [1.54, 1.807) is 7.05 Å². The first-order chi connectivity index (χ1) is 9.54. The first-order valence-corrected chi connectivity index (χ1v) is 6.63. The minimum Gasteiger partial charge on any atom is -0.367 e. The van der Waals surface area contributed by atoms with Crippen LogP contribution in [0.3, 0.4) is 0 Å². The van der Waals surface area contributed by atoms with Crippen LogP contribution in [0.15, 0.2) is 6.33 Å². The van der Waals surface area contributed by atoms with Crippen LogP contribution in [0.5, 0.6) is 0 Å². The quantitative estimate of drug-likeness (QED) is 0.649. The summed E-state index contributed by atoms with van der Waals surface area (Å²) in [5, 5.41) is 14.0. The molecule has 0 amide bonds. The zero-order chi connectivity index (χ0) is 14.7. The molecule has 0 saturated carbocycles. The molecule has 8 nitrogen and oxygen atoms in total. The maximum Gasteiger partial charge on any atom is 0.353 e. The van der Waals surface area contributed by atoms with Crippen LogP contribution in [-0.4, -0.2) is 60.1 Å². The summed E-state index contributed by atoms with van der Waals surface area (Å²) in [4.78, 5) is 23.1. The van der Waals surface area contributed by atoms with Crippen LogP contribution in [-0.2, 0) is 0 Å². The number of piperidine rings is 1. The third-order valence-electron chi connectivity index (χ3n) is 3.72. The molecule has 0 aromatic carbocycles. The Morgan fingerprint density at radius 2 is 2.05 bits per heavy atom. The van der Waals surface area contributed by atoms with Crippen molar-refractivity contribution in [3.05, 3.63) is 16.4 Å². The molecule has 1 saturated heterocycles. The van der Waals surface area contributed by atoms with E-state index in [0.717, 1.165) is 25.9 Å². The molecule has 2 rings (SSSR count). The summed E-state index contributed by atoms with van der Waals surface area (Å²) in [5.74, 6) is 0.668. The second kappa shape index (κ2) is 6.00. The largest absolute Gasteiger partial charge is 0.367 e. The second-order valence-electron chi connectivity index (χ2n) is 5.08. The Hall–Kier alpha value is -1.96. The van der Waals surface area contributed by atoms with Gasteiger partial charge in [0.25, 0.3) is 0 Å². The fourth-order valence-corrected chi connectivity index (χ4v) is 2.55. The van der Waals surface area contributed by atoms with E-state index in [9.17, 15) is 10.1 Å². The van der Waals surface area contributed by atoms with Crippen molar-refractivity contribution >= 4 is 17.3 Å². The molecule has 1 fully saturated rings. The number of rotatable bonds is 4. The van der Waals surface area contributed by atoms with E-state index in [1.807, 2.05) is 4.90 Å². The Morgan fingerprint density at radius 1 is 1.40 bits per heavy atom. The zero-order valence-electron chi connectivity index (χ0n) is 12.0. The van der Waals surface area contributed by atoms with Crippen molar-refractivity contribution in [3.8, 4) is 0 Å². The highest BCUT2D eigenvalue weighted by atomic mass is 16.6. The van der Waals surface area contributed by atoms with Crippen molar-refractivity contribution in [3.63, 3.8) is 0 Å². The predicted molar refractivity (Wildman–Crippen MR) is 77.2 cm³/mol. The third kappa shape index (κ3) is 2.79. The molecule has 2 heterocycles. The standard InChI is InChI=1S/C12H20N6O2/c1-13-11-10(18(19)20)12(15-8-14-11)17-6-4-9(5-7-17)16(2)3/h8-9H,4-7H2,1-3H3,(H,13,14,15). The van der Waals surface area contributed by atoms with Gasteiger partial charge in [-0.3, -0.25) is 10.1 Å². The molecule has 1 aliphatic heterocycles. The number of nitrogens with one attached hydrogen (secondary N) is 1. The van der Waals surface area contributed by atoms with Crippen LogP contribution in [0.1, 0.15) is 12.8 Å².